The fourth-order valence-corrected chi connectivity index (χ4v) is 4.28. The van der Waals surface area contributed by atoms with Gasteiger partial charge < -0.3 is 15.0 Å². The summed E-state index contributed by atoms with van der Waals surface area (Å²) in [6.45, 7) is 2.70. The van der Waals surface area contributed by atoms with Crippen LogP contribution in [-0.2, 0) is 19.6 Å². The summed E-state index contributed by atoms with van der Waals surface area (Å²) in [7, 11) is -2.17. The van der Waals surface area contributed by atoms with Gasteiger partial charge in [-0.1, -0.05) is 17.7 Å². The Labute approximate surface area is 182 Å². The Hall–Kier alpha value is -2.75. The van der Waals surface area contributed by atoms with Crippen molar-refractivity contribution in [3.63, 3.8) is 0 Å². The molecule has 3 rings (SSSR count). The molecule has 0 radical (unpaired) electrons. The number of nitrogens with zero attached hydrogens (tertiary/aromatic N) is 1. The van der Waals surface area contributed by atoms with E-state index in [-0.39, 0.29) is 35.9 Å². The standard InChI is InChI=1S/C22H27N3O5S/c1-16-5-9-18(10-6-16)24-21(26)15-25(2)22(27)17-7-11-20(12-8-17)31(28,29)23-14-19-4-3-13-30-19/h5-12,19,23H,3-4,13-15H2,1-2H3,(H,24,26). The number of benzene rings is 2. The largest absolute Gasteiger partial charge is 0.377 e. The molecule has 1 saturated heterocycles. The van der Waals surface area contributed by atoms with Gasteiger partial charge in [0.05, 0.1) is 17.5 Å². The first-order valence-corrected chi connectivity index (χ1v) is 11.6. The van der Waals surface area contributed by atoms with E-state index in [4.69, 9.17) is 4.74 Å². The molecule has 1 atom stereocenters. The van der Waals surface area contributed by atoms with E-state index in [1.807, 2.05) is 19.1 Å². The highest BCUT2D eigenvalue weighted by atomic mass is 32.2. The van der Waals surface area contributed by atoms with Crippen LogP contribution in [0.1, 0.15) is 28.8 Å². The summed E-state index contributed by atoms with van der Waals surface area (Å²) in [6.07, 6.45) is 1.66. The van der Waals surface area contributed by atoms with Crippen LogP contribution in [0.4, 0.5) is 5.69 Å². The number of carbonyl (C=O) groups is 2. The van der Waals surface area contributed by atoms with Gasteiger partial charge >= 0.3 is 0 Å². The number of likely N-dealkylation sites (N-methyl/N-ethyl adjacent to an activating group) is 1. The van der Waals surface area contributed by atoms with Gasteiger partial charge in [0.1, 0.15) is 0 Å². The number of hydrogen-bond donors (Lipinski definition) is 2. The van der Waals surface area contributed by atoms with Crippen molar-refractivity contribution in [2.45, 2.75) is 30.8 Å². The highest BCUT2D eigenvalue weighted by molar-refractivity contribution is 7.89. The Kier molecular flexibility index (Phi) is 7.42. The highest BCUT2D eigenvalue weighted by Gasteiger charge is 2.21. The topological polar surface area (TPSA) is 105 Å². The molecule has 2 aromatic rings. The Balaban J connectivity index is 1.55. The van der Waals surface area contributed by atoms with Crippen LogP contribution in [-0.4, -0.2) is 58.0 Å². The van der Waals surface area contributed by atoms with Gasteiger partial charge in [-0.3, -0.25) is 9.59 Å². The molecule has 0 bridgehead atoms. The lowest BCUT2D eigenvalue weighted by Gasteiger charge is -2.17. The van der Waals surface area contributed by atoms with Crippen molar-refractivity contribution in [1.82, 2.24) is 9.62 Å². The molecule has 0 aromatic heterocycles. The van der Waals surface area contributed by atoms with Gasteiger partial charge in [0.15, 0.2) is 0 Å². The molecular formula is C22H27N3O5S. The normalized spacial score (nSPS) is 16.1. The summed E-state index contributed by atoms with van der Waals surface area (Å²) >= 11 is 0. The third-order valence-corrected chi connectivity index (χ3v) is 6.44. The van der Waals surface area contributed by atoms with Crippen molar-refractivity contribution in [1.29, 1.82) is 0 Å². The van der Waals surface area contributed by atoms with Crippen LogP contribution < -0.4 is 10.0 Å². The average molecular weight is 446 g/mol. The molecule has 1 heterocycles. The summed E-state index contributed by atoms with van der Waals surface area (Å²) in [6, 6.07) is 13.0. The highest BCUT2D eigenvalue weighted by Crippen LogP contribution is 2.15. The molecule has 9 heteroatoms. The number of hydrogen-bond acceptors (Lipinski definition) is 5. The van der Waals surface area contributed by atoms with E-state index in [9.17, 15) is 18.0 Å². The predicted octanol–water partition coefficient (Wildman–Crippen LogP) is 2.16. The summed E-state index contributed by atoms with van der Waals surface area (Å²) in [5, 5.41) is 2.74. The maximum atomic E-state index is 12.6. The number of ether oxygens (including phenoxy) is 1. The van der Waals surface area contributed by atoms with E-state index in [1.54, 1.807) is 12.1 Å². The number of aryl methyl sites for hydroxylation is 1. The monoisotopic (exact) mass is 445 g/mol. The zero-order valence-electron chi connectivity index (χ0n) is 17.6. The number of sulfonamides is 1. The molecule has 0 spiro atoms. The molecule has 0 saturated carbocycles. The zero-order valence-corrected chi connectivity index (χ0v) is 18.4. The van der Waals surface area contributed by atoms with Crippen molar-refractivity contribution in [3.8, 4) is 0 Å². The maximum absolute atomic E-state index is 12.6. The SMILES string of the molecule is Cc1ccc(NC(=O)CN(C)C(=O)c2ccc(S(=O)(=O)NCC3CCCO3)cc2)cc1. The first-order chi connectivity index (χ1) is 14.7. The summed E-state index contributed by atoms with van der Waals surface area (Å²) in [5.74, 6) is -0.701. The Morgan fingerprint density at radius 1 is 1.10 bits per heavy atom. The second-order valence-electron chi connectivity index (χ2n) is 7.59. The fourth-order valence-electron chi connectivity index (χ4n) is 3.21. The first kappa shape index (κ1) is 22.9. The summed E-state index contributed by atoms with van der Waals surface area (Å²) < 4.78 is 32.8. The Morgan fingerprint density at radius 3 is 2.39 bits per heavy atom. The van der Waals surface area contributed by atoms with E-state index in [2.05, 4.69) is 10.0 Å². The lowest BCUT2D eigenvalue weighted by atomic mass is 10.2. The Bertz CT molecular complexity index is 1010. The third-order valence-electron chi connectivity index (χ3n) is 5.00. The molecule has 31 heavy (non-hydrogen) atoms. The molecule has 1 aliphatic rings. The van der Waals surface area contributed by atoms with Crippen LogP contribution in [0.3, 0.4) is 0 Å². The molecule has 0 aliphatic carbocycles. The van der Waals surface area contributed by atoms with Crippen molar-refractivity contribution >= 4 is 27.5 Å². The lowest BCUT2D eigenvalue weighted by Crippen LogP contribution is -2.35. The second-order valence-corrected chi connectivity index (χ2v) is 9.35. The van der Waals surface area contributed by atoms with E-state index in [1.165, 1.54) is 36.2 Å². The quantitative estimate of drug-likeness (QED) is 0.648. The second kappa shape index (κ2) is 10.0. The number of carbonyl (C=O) groups excluding carboxylic acids is 2. The van der Waals surface area contributed by atoms with Gasteiger partial charge in [-0.05, 0) is 56.2 Å². The van der Waals surface area contributed by atoms with Gasteiger partial charge in [-0.15, -0.1) is 0 Å². The molecule has 1 fully saturated rings. The number of nitrogens with one attached hydrogen (secondary N) is 2. The van der Waals surface area contributed by atoms with E-state index in [0.29, 0.717) is 17.9 Å². The van der Waals surface area contributed by atoms with Crippen molar-refractivity contribution < 1.29 is 22.7 Å². The number of rotatable bonds is 8. The minimum absolute atomic E-state index is 0.0711. The van der Waals surface area contributed by atoms with Crippen LogP contribution in [0.5, 0.6) is 0 Å². The number of amides is 2. The Morgan fingerprint density at radius 2 is 1.77 bits per heavy atom. The summed E-state index contributed by atoms with van der Waals surface area (Å²) in [4.78, 5) is 26.2. The third kappa shape index (κ3) is 6.36. The van der Waals surface area contributed by atoms with E-state index in [0.717, 1.165) is 18.4 Å². The molecule has 1 unspecified atom stereocenters. The minimum atomic E-state index is -3.69. The molecule has 166 valence electrons. The van der Waals surface area contributed by atoms with Crippen molar-refractivity contribution in [3.05, 3.63) is 59.7 Å². The fraction of sp³-hybridized carbons (Fsp3) is 0.364. The van der Waals surface area contributed by atoms with Crippen LogP contribution >= 0.6 is 0 Å². The van der Waals surface area contributed by atoms with E-state index < -0.39 is 10.0 Å². The van der Waals surface area contributed by atoms with Crippen LogP contribution in [0.15, 0.2) is 53.4 Å². The smallest absolute Gasteiger partial charge is 0.254 e. The molecular weight excluding hydrogens is 418 g/mol. The maximum Gasteiger partial charge on any atom is 0.254 e. The molecule has 2 aromatic carbocycles. The van der Waals surface area contributed by atoms with Crippen LogP contribution in [0, 0.1) is 6.92 Å². The first-order valence-electron chi connectivity index (χ1n) is 10.1. The van der Waals surface area contributed by atoms with Crippen molar-refractivity contribution in [2.24, 2.45) is 0 Å². The molecule has 2 N–H and O–H groups in total. The van der Waals surface area contributed by atoms with Gasteiger partial charge in [0.2, 0.25) is 15.9 Å². The van der Waals surface area contributed by atoms with Gasteiger partial charge in [-0.2, -0.15) is 0 Å². The van der Waals surface area contributed by atoms with Crippen molar-refractivity contribution in [2.75, 3.05) is 32.1 Å². The average Bonchev–Trinajstić information content (AvgIpc) is 3.27. The van der Waals surface area contributed by atoms with Gasteiger partial charge in [0.25, 0.3) is 5.91 Å². The minimum Gasteiger partial charge on any atom is -0.377 e. The lowest BCUT2D eigenvalue weighted by molar-refractivity contribution is -0.116. The molecule has 8 nitrogen and oxygen atoms in total. The summed E-state index contributed by atoms with van der Waals surface area (Å²) in [5.41, 5.74) is 2.03. The molecule has 1 aliphatic heterocycles. The van der Waals surface area contributed by atoms with E-state index >= 15 is 0 Å². The molecule has 2 amide bonds. The predicted molar refractivity (Wildman–Crippen MR) is 117 cm³/mol. The number of anilines is 1. The van der Waals surface area contributed by atoms with Crippen LogP contribution in [0.25, 0.3) is 0 Å². The van der Waals surface area contributed by atoms with Crippen LogP contribution in [0.2, 0.25) is 0 Å². The van der Waals surface area contributed by atoms with Gasteiger partial charge in [-0.25, -0.2) is 13.1 Å². The van der Waals surface area contributed by atoms with Gasteiger partial charge in [0, 0.05) is 31.5 Å². The zero-order chi connectivity index (χ0) is 22.4.